The molecule has 1 unspecified atom stereocenters. The molecule has 10 nitrogen and oxygen atoms in total. The SMILES string of the molecule is C[C@@H]1CN=C2N(C/C(=C/N)C3=NCCNC3)C(=O)c3cc(S4(O)NC5(CC5)O4)ccc3N21. The van der Waals surface area contributed by atoms with Crippen LogP contribution in [0.15, 0.2) is 44.9 Å². The van der Waals surface area contributed by atoms with Gasteiger partial charge in [-0.3, -0.25) is 24.2 Å². The topological polar surface area (TPSA) is 128 Å². The summed E-state index contributed by atoms with van der Waals surface area (Å²) in [7, 11) is -2.55. The van der Waals surface area contributed by atoms with Gasteiger partial charge in [0.05, 0.1) is 47.5 Å². The van der Waals surface area contributed by atoms with E-state index >= 15 is 0 Å². The zero-order valence-corrected chi connectivity index (χ0v) is 18.7. The fraction of sp³-hybridized carbons (Fsp3) is 0.476. The molecule has 32 heavy (non-hydrogen) atoms. The number of benzene rings is 1. The van der Waals surface area contributed by atoms with Gasteiger partial charge in [-0.1, -0.05) is 0 Å². The fourth-order valence-corrected chi connectivity index (χ4v) is 6.72. The third-order valence-electron chi connectivity index (χ3n) is 6.51. The Morgan fingerprint density at radius 1 is 1.44 bits per heavy atom. The first-order valence-corrected chi connectivity index (χ1v) is 12.4. The molecule has 2 fully saturated rings. The minimum atomic E-state index is -2.55. The standard InChI is InChI=1S/C21H27N7O3S/c1-13-10-25-20-27(12-14(9-22)17-11-23-6-7-24-17)19(29)16-8-15(2-3-18(16)28(13)20)32(30)26-21(31-32)4-5-21/h2-3,8-9,13,23,26,30H,4-7,10-12,22H2,1H3/b14-9-/t13-/m1/s1. The van der Waals surface area contributed by atoms with Crippen LogP contribution in [0, 0.1) is 0 Å². The third-order valence-corrected chi connectivity index (χ3v) is 8.61. The highest BCUT2D eigenvalue weighted by atomic mass is 32.3. The number of nitrogens with two attached hydrogens (primary N) is 1. The first kappa shape index (κ1) is 20.2. The minimum Gasteiger partial charge on any atom is -0.404 e. The molecule has 0 bridgehead atoms. The first-order chi connectivity index (χ1) is 15.4. The maximum absolute atomic E-state index is 13.7. The summed E-state index contributed by atoms with van der Waals surface area (Å²) in [4.78, 5) is 27.3. The number of aliphatic imine (C=N–C) groups is 2. The molecule has 1 saturated heterocycles. The Morgan fingerprint density at radius 2 is 2.25 bits per heavy atom. The lowest BCUT2D eigenvalue weighted by molar-refractivity contribution is 0.0850. The number of amides is 1. The Hall–Kier alpha value is -2.44. The van der Waals surface area contributed by atoms with Crippen LogP contribution in [0.1, 0.15) is 30.1 Å². The van der Waals surface area contributed by atoms with Gasteiger partial charge in [0, 0.05) is 24.9 Å². The third kappa shape index (κ3) is 3.00. The van der Waals surface area contributed by atoms with Crippen molar-refractivity contribution in [1.29, 1.82) is 0 Å². The van der Waals surface area contributed by atoms with Gasteiger partial charge in [-0.15, -0.1) is 10.8 Å². The second kappa shape index (κ2) is 7.03. The summed E-state index contributed by atoms with van der Waals surface area (Å²) >= 11 is 0. The Kier molecular flexibility index (Phi) is 4.43. The Labute approximate surface area is 188 Å². The Morgan fingerprint density at radius 3 is 2.94 bits per heavy atom. The summed E-state index contributed by atoms with van der Waals surface area (Å²) in [5.41, 5.74) is 8.59. The van der Waals surface area contributed by atoms with Crippen molar-refractivity contribution in [3.8, 4) is 0 Å². The van der Waals surface area contributed by atoms with Crippen LogP contribution in [0.3, 0.4) is 0 Å². The highest BCUT2D eigenvalue weighted by molar-refractivity contribution is 8.24. The summed E-state index contributed by atoms with van der Waals surface area (Å²) in [5.74, 6) is 0.464. The number of fused-ring (bicyclic) bond motifs is 3. The van der Waals surface area contributed by atoms with Gasteiger partial charge in [0.1, 0.15) is 0 Å². The fourth-order valence-electron chi connectivity index (χ4n) is 4.63. The number of nitrogens with one attached hydrogen (secondary N) is 2. The molecule has 1 saturated carbocycles. The molecule has 1 spiro atoms. The molecule has 0 aromatic heterocycles. The highest BCUT2D eigenvalue weighted by Crippen LogP contribution is 2.68. The first-order valence-electron chi connectivity index (χ1n) is 10.9. The van der Waals surface area contributed by atoms with Gasteiger partial charge in [0.2, 0.25) is 5.96 Å². The van der Waals surface area contributed by atoms with Crippen molar-refractivity contribution >= 4 is 34.0 Å². The number of rotatable bonds is 4. The zero-order chi connectivity index (χ0) is 22.1. The number of carbonyl (C=O) groups excluding carboxylic acids is 1. The molecule has 1 amide bonds. The van der Waals surface area contributed by atoms with Crippen molar-refractivity contribution in [2.75, 3.05) is 37.6 Å². The number of anilines is 1. The molecular weight excluding hydrogens is 430 g/mol. The van der Waals surface area contributed by atoms with E-state index in [2.05, 4.69) is 31.8 Å². The van der Waals surface area contributed by atoms with Gasteiger partial charge >= 0.3 is 0 Å². The average molecular weight is 458 g/mol. The smallest absolute Gasteiger partial charge is 0.263 e. The molecule has 2 atom stereocenters. The van der Waals surface area contributed by atoms with Crippen molar-refractivity contribution < 1.29 is 13.5 Å². The van der Waals surface area contributed by atoms with E-state index in [4.69, 9.17) is 9.92 Å². The molecule has 5 aliphatic rings. The summed E-state index contributed by atoms with van der Waals surface area (Å²) in [5, 5.41) is 3.30. The van der Waals surface area contributed by atoms with Gasteiger partial charge in [-0.2, -0.15) is 4.72 Å². The number of guanidine groups is 1. The van der Waals surface area contributed by atoms with Crippen LogP contribution in [0.25, 0.3) is 0 Å². The van der Waals surface area contributed by atoms with E-state index in [0.717, 1.165) is 36.4 Å². The lowest BCUT2D eigenvalue weighted by atomic mass is 10.0. The Balaban J connectivity index is 1.36. The Bertz CT molecular complexity index is 1090. The van der Waals surface area contributed by atoms with E-state index in [0.29, 0.717) is 36.1 Å². The molecule has 1 aliphatic carbocycles. The second-order valence-electron chi connectivity index (χ2n) is 8.83. The number of hydrogen-bond donors (Lipinski definition) is 4. The predicted molar refractivity (Wildman–Crippen MR) is 124 cm³/mol. The summed E-state index contributed by atoms with van der Waals surface area (Å²) in [6, 6.07) is 5.61. The van der Waals surface area contributed by atoms with Gasteiger partial charge in [-0.25, -0.2) is 4.18 Å². The van der Waals surface area contributed by atoms with E-state index in [1.807, 2.05) is 12.1 Å². The van der Waals surface area contributed by atoms with Crippen LogP contribution in [0.5, 0.6) is 0 Å². The van der Waals surface area contributed by atoms with E-state index < -0.39 is 10.8 Å². The zero-order valence-electron chi connectivity index (χ0n) is 17.9. The minimum absolute atomic E-state index is 0.118. The van der Waals surface area contributed by atoms with Crippen molar-refractivity contribution in [3.63, 3.8) is 0 Å². The van der Waals surface area contributed by atoms with Crippen molar-refractivity contribution in [1.82, 2.24) is 14.9 Å². The van der Waals surface area contributed by atoms with Crippen LogP contribution in [0.2, 0.25) is 0 Å². The molecule has 5 N–H and O–H groups in total. The van der Waals surface area contributed by atoms with Crippen LogP contribution in [0.4, 0.5) is 5.69 Å². The lowest BCUT2D eigenvalue weighted by Crippen LogP contribution is -2.53. The van der Waals surface area contributed by atoms with E-state index in [-0.39, 0.29) is 24.2 Å². The van der Waals surface area contributed by atoms with Crippen LogP contribution < -0.4 is 20.7 Å². The van der Waals surface area contributed by atoms with Gasteiger partial charge in [-0.05, 0) is 38.0 Å². The van der Waals surface area contributed by atoms with Gasteiger partial charge in [0.15, 0.2) is 5.72 Å². The number of carbonyl (C=O) groups is 1. The summed E-state index contributed by atoms with van der Waals surface area (Å²) < 4.78 is 20.0. The maximum atomic E-state index is 13.7. The highest BCUT2D eigenvalue weighted by Gasteiger charge is 2.60. The van der Waals surface area contributed by atoms with Crippen molar-refractivity contribution in [2.45, 2.75) is 36.4 Å². The van der Waals surface area contributed by atoms with Crippen LogP contribution in [-0.2, 0) is 4.18 Å². The largest absolute Gasteiger partial charge is 0.404 e. The summed E-state index contributed by atoms with van der Waals surface area (Å²) in [6.07, 6.45) is 3.33. The molecule has 6 rings (SSSR count). The van der Waals surface area contributed by atoms with Gasteiger partial charge < -0.3 is 16.0 Å². The average Bonchev–Trinajstić information content (AvgIpc) is 3.47. The van der Waals surface area contributed by atoms with Gasteiger partial charge in [0.25, 0.3) is 5.91 Å². The lowest BCUT2D eigenvalue weighted by Gasteiger charge is -2.52. The molecule has 0 radical (unpaired) electrons. The molecule has 11 heteroatoms. The molecule has 170 valence electrons. The van der Waals surface area contributed by atoms with E-state index in [1.54, 1.807) is 11.0 Å². The maximum Gasteiger partial charge on any atom is 0.263 e. The number of hydrogen-bond acceptors (Lipinski definition) is 9. The van der Waals surface area contributed by atoms with Crippen LogP contribution in [-0.4, -0.2) is 71.5 Å². The van der Waals surface area contributed by atoms with Crippen molar-refractivity contribution in [3.05, 3.63) is 35.5 Å². The van der Waals surface area contributed by atoms with Crippen molar-refractivity contribution in [2.24, 2.45) is 15.7 Å². The molecule has 1 aromatic rings. The van der Waals surface area contributed by atoms with E-state index in [9.17, 15) is 9.35 Å². The van der Waals surface area contributed by atoms with Crippen LogP contribution >= 0.6 is 10.8 Å². The molecule has 4 aliphatic heterocycles. The summed E-state index contributed by atoms with van der Waals surface area (Å²) in [6.45, 7) is 5.12. The molecular formula is C21H27N7O3S. The quantitative estimate of drug-likeness (QED) is 0.534. The monoisotopic (exact) mass is 457 g/mol. The normalized spacial score (nSPS) is 32.5. The number of nitrogens with zero attached hydrogens (tertiary/aromatic N) is 4. The molecule has 1 aromatic carbocycles. The molecule has 4 heterocycles. The predicted octanol–water partition coefficient (Wildman–Crippen LogP) is 1.17. The van der Waals surface area contributed by atoms with E-state index in [1.165, 1.54) is 6.20 Å². The second-order valence-corrected chi connectivity index (χ2v) is 10.7.